The summed E-state index contributed by atoms with van der Waals surface area (Å²) in [5.41, 5.74) is 2.84. The molecule has 0 aliphatic carbocycles. The number of methoxy groups -OCH3 is 1. The van der Waals surface area contributed by atoms with Gasteiger partial charge in [0, 0.05) is 17.8 Å². The van der Waals surface area contributed by atoms with Crippen LogP contribution in [0.3, 0.4) is 0 Å². The van der Waals surface area contributed by atoms with Crippen molar-refractivity contribution in [2.45, 2.75) is 19.9 Å². The molecule has 0 aliphatic rings. The van der Waals surface area contributed by atoms with Crippen molar-refractivity contribution >= 4 is 11.6 Å². The molecule has 4 nitrogen and oxygen atoms in total. The smallest absolute Gasteiger partial charge is 0.125 e. The van der Waals surface area contributed by atoms with Gasteiger partial charge in [-0.15, -0.1) is 0 Å². The van der Waals surface area contributed by atoms with E-state index in [1.807, 2.05) is 38.4 Å². The van der Waals surface area contributed by atoms with Gasteiger partial charge in [-0.05, 0) is 33.0 Å². The quantitative estimate of drug-likeness (QED) is 0.935. The van der Waals surface area contributed by atoms with E-state index in [9.17, 15) is 0 Å². The van der Waals surface area contributed by atoms with Crippen LogP contribution < -0.4 is 10.1 Å². The minimum Gasteiger partial charge on any atom is -0.496 e. The lowest BCUT2D eigenvalue weighted by Crippen LogP contribution is -2.16. The van der Waals surface area contributed by atoms with Crippen molar-refractivity contribution in [2.24, 2.45) is 0 Å². The van der Waals surface area contributed by atoms with Gasteiger partial charge < -0.3 is 10.1 Å². The number of nitrogens with zero attached hydrogens (tertiary/aromatic N) is 2. The number of aromatic nitrogens is 2. The normalized spacial score (nSPS) is 12.5. The molecule has 1 N–H and O–H groups in total. The molecule has 0 aliphatic heterocycles. The van der Waals surface area contributed by atoms with Crippen LogP contribution in [0.1, 0.15) is 24.2 Å². The Bertz CT molecular complexity index is 561. The highest BCUT2D eigenvalue weighted by atomic mass is 35.5. The molecule has 1 aromatic carbocycles. The molecule has 0 saturated heterocycles. The molecule has 0 amide bonds. The third-order valence-corrected chi connectivity index (χ3v) is 3.59. The first-order valence-corrected chi connectivity index (χ1v) is 6.52. The number of nitrogens with one attached hydrogen (secondary N) is 1. The maximum Gasteiger partial charge on any atom is 0.125 e. The number of rotatable bonds is 4. The highest BCUT2D eigenvalue weighted by molar-refractivity contribution is 6.31. The van der Waals surface area contributed by atoms with Crippen LogP contribution in [-0.4, -0.2) is 23.9 Å². The molecule has 0 bridgehead atoms. The van der Waals surface area contributed by atoms with Crippen molar-refractivity contribution in [2.75, 3.05) is 14.2 Å². The van der Waals surface area contributed by atoms with Gasteiger partial charge in [0.2, 0.25) is 0 Å². The molecule has 2 rings (SSSR count). The summed E-state index contributed by atoms with van der Waals surface area (Å²) in [5.74, 6) is 0.837. The summed E-state index contributed by atoms with van der Waals surface area (Å²) in [6.45, 7) is 3.97. The first-order valence-electron chi connectivity index (χ1n) is 6.14. The fourth-order valence-corrected chi connectivity index (χ4v) is 2.18. The van der Waals surface area contributed by atoms with E-state index in [2.05, 4.69) is 17.3 Å². The van der Waals surface area contributed by atoms with Gasteiger partial charge in [0.15, 0.2) is 0 Å². The van der Waals surface area contributed by atoms with Gasteiger partial charge in [0.05, 0.1) is 23.5 Å². The van der Waals surface area contributed by atoms with Gasteiger partial charge in [0.1, 0.15) is 5.75 Å². The van der Waals surface area contributed by atoms with Crippen LogP contribution in [-0.2, 0) is 0 Å². The van der Waals surface area contributed by atoms with Crippen molar-refractivity contribution in [1.29, 1.82) is 0 Å². The van der Waals surface area contributed by atoms with Crippen molar-refractivity contribution in [1.82, 2.24) is 15.1 Å². The Morgan fingerprint density at radius 2 is 2.16 bits per heavy atom. The van der Waals surface area contributed by atoms with Gasteiger partial charge in [0.25, 0.3) is 0 Å². The van der Waals surface area contributed by atoms with Gasteiger partial charge >= 0.3 is 0 Å². The molecule has 2 aromatic rings. The summed E-state index contributed by atoms with van der Waals surface area (Å²) < 4.78 is 7.25. The van der Waals surface area contributed by atoms with Crippen molar-refractivity contribution in [3.63, 3.8) is 0 Å². The average Bonchev–Trinajstić information content (AvgIpc) is 2.76. The highest BCUT2D eigenvalue weighted by Gasteiger charge is 2.17. The second kappa shape index (κ2) is 5.63. The molecule has 102 valence electrons. The number of hydrogen-bond donors (Lipinski definition) is 1. The van der Waals surface area contributed by atoms with E-state index in [4.69, 9.17) is 16.3 Å². The molecule has 1 heterocycles. The van der Waals surface area contributed by atoms with Crippen LogP contribution in [0.25, 0.3) is 5.69 Å². The molecule has 0 saturated carbocycles. The summed E-state index contributed by atoms with van der Waals surface area (Å²) in [6, 6.07) is 6.05. The fraction of sp³-hybridized carbons (Fsp3) is 0.357. The maximum atomic E-state index is 6.09. The summed E-state index contributed by atoms with van der Waals surface area (Å²) >= 11 is 6.09. The third kappa shape index (κ3) is 2.60. The van der Waals surface area contributed by atoms with Gasteiger partial charge in [-0.1, -0.05) is 17.7 Å². The lowest BCUT2D eigenvalue weighted by Gasteiger charge is -2.19. The molecular weight excluding hydrogens is 262 g/mol. The number of aryl methyl sites for hydroxylation is 1. The third-order valence-electron chi connectivity index (χ3n) is 3.21. The molecule has 19 heavy (non-hydrogen) atoms. The van der Waals surface area contributed by atoms with Crippen LogP contribution in [0.2, 0.25) is 5.02 Å². The number of benzene rings is 1. The zero-order chi connectivity index (χ0) is 14.0. The van der Waals surface area contributed by atoms with E-state index < -0.39 is 0 Å². The first kappa shape index (κ1) is 13.9. The van der Waals surface area contributed by atoms with Crippen LogP contribution in [0, 0.1) is 6.92 Å². The Balaban J connectivity index is 2.62. The number of ether oxygens (including phenoxy) is 1. The summed E-state index contributed by atoms with van der Waals surface area (Å²) in [6.07, 6.45) is 1.82. The first-order chi connectivity index (χ1) is 9.08. The van der Waals surface area contributed by atoms with Crippen LogP contribution in [0.4, 0.5) is 0 Å². The zero-order valence-corrected chi connectivity index (χ0v) is 12.3. The SMILES string of the molecule is CNC(C)c1c(OC)cccc1-n1cc(Cl)c(C)n1. The van der Waals surface area contributed by atoms with E-state index >= 15 is 0 Å². The second-order valence-corrected chi connectivity index (χ2v) is 4.82. The Kier molecular flexibility index (Phi) is 4.12. The minimum absolute atomic E-state index is 0.148. The molecule has 1 unspecified atom stereocenters. The van der Waals surface area contributed by atoms with Gasteiger partial charge in [-0.25, -0.2) is 4.68 Å². The molecule has 1 aromatic heterocycles. The molecule has 1 atom stereocenters. The molecule has 0 fully saturated rings. The second-order valence-electron chi connectivity index (χ2n) is 4.41. The lowest BCUT2D eigenvalue weighted by atomic mass is 10.0. The fourth-order valence-electron chi connectivity index (χ4n) is 2.05. The van der Waals surface area contributed by atoms with E-state index in [-0.39, 0.29) is 6.04 Å². The van der Waals surface area contributed by atoms with E-state index in [0.29, 0.717) is 5.02 Å². The highest BCUT2D eigenvalue weighted by Crippen LogP contribution is 2.31. The lowest BCUT2D eigenvalue weighted by molar-refractivity contribution is 0.403. The van der Waals surface area contributed by atoms with Crippen molar-refractivity contribution in [3.8, 4) is 11.4 Å². The van der Waals surface area contributed by atoms with E-state index in [0.717, 1.165) is 22.7 Å². The Morgan fingerprint density at radius 1 is 1.42 bits per heavy atom. The van der Waals surface area contributed by atoms with Gasteiger partial charge in [-0.2, -0.15) is 5.10 Å². The molecule has 0 spiro atoms. The van der Waals surface area contributed by atoms with E-state index in [1.54, 1.807) is 11.8 Å². The van der Waals surface area contributed by atoms with Crippen LogP contribution >= 0.6 is 11.6 Å². The van der Waals surface area contributed by atoms with Gasteiger partial charge in [-0.3, -0.25) is 0 Å². The summed E-state index contributed by atoms with van der Waals surface area (Å²) in [5, 5.41) is 8.33. The average molecular weight is 280 g/mol. The number of halogens is 1. The predicted octanol–water partition coefficient (Wildman–Crippen LogP) is 3.12. The molecule has 0 radical (unpaired) electrons. The van der Waals surface area contributed by atoms with Crippen LogP contribution in [0.5, 0.6) is 5.75 Å². The molecule has 5 heteroatoms. The standard InChI is InChI=1S/C14H18ClN3O/c1-9-11(15)8-18(17-9)12-6-5-7-13(19-4)14(12)10(2)16-3/h5-8,10,16H,1-4H3. The summed E-state index contributed by atoms with van der Waals surface area (Å²) in [4.78, 5) is 0. The van der Waals surface area contributed by atoms with Crippen molar-refractivity contribution in [3.05, 3.63) is 40.7 Å². The maximum absolute atomic E-state index is 6.09. The largest absolute Gasteiger partial charge is 0.496 e. The summed E-state index contributed by atoms with van der Waals surface area (Å²) in [7, 11) is 3.59. The number of hydrogen-bond acceptors (Lipinski definition) is 3. The zero-order valence-electron chi connectivity index (χ0n) is 11.6. The minimum atomic E-state index is 0.148. The molecular formula is C14H18ClN3O. The predicted molar refractivity (Wildman–Crippen MR) is 77.3 cm³/mol. The Hall–Kier alpha value is -1.52. The topological polar surface area (TPSA) is 39.1 Å². The monoisotopic (exact) mass is 279 g/mol. The van der Waals surface area contributed by atoms with Crippen molar-refractivity contribution < 1.29 is 4.74 Å². The van der Waals surface area contributed by atoms with Crippen LogP contribution in [0.15, 0.2) is 24.4 Å². The van der Waals surface area contributed by atoms with E-state index in [1.165, 1.54) is 0 Å². The Labute approximate surface area is 118 Å². The Morgan fingerprint density at radius 3 is 2.68 bits per heavy atom.